The second-order valence-electron chi connectivity index (χ2n) is 5.09. The van der Waals surface area contributed by atoms with Crippen molar-refractivity contribution in [1.82, 2.24) is 5.32 Å². The van der Waals surface area contributed by atoms with Crippen molar-refractivity contribution in [1.29, 1.82) is 0 Å². The number of nitrogens with one attached hydrogen (secondary N) is 2. The monoisotopic (exact) mass is 330 g/mol. The van der Waals surface area contributed by atoms with Crippen LogP contribution in [0.3, 0.4) is 0 Å². The molecule has 0 heterocycles. The first kappa shape index (κ1) is 15.9. The lowest BCUT2D eigenvalue weighted by Gasteiger charge is -2.11. The third kappa shape index (κ3) is 4.79. The molecule has 0 aromatic heterocycles. The largest absolute Gasteiger partial charge is 0.478 e. The normalized spacial score (nSPS) is 13.8. The molecule has 1 aliphatic carbocycles. The highest BCUT2D eigenvalue weighted by molar-refractivity contribution is 6.40. The van der Waals surface area contributed by atoms with Gasteiger partial charge in [-0.25, -0.2) is 9.59 Å². The zero-order valence-corrected chi connectivity index (χ0v) is 12.8. The summed E-state index contributed by atoms with van der Waals surface area (Å²) in [5, 5.41) is 14.3. The molecule has 1 fully saturated rings. The fourth-order valence-corrected chi connectivity index (χ4v) is 2.55. The summed E-state index contributed by atoms with van der Waals surface area (Å²) in [7, 11) is 0. The number of benzene rings is 1. The molecular formula is C14H16Cl2N2O3. The van der Waals surface area contributed by atoms with Crippen molar-refractivity contribution < 1.29 is 14.7 Å². The number of hydrogen-bond acceptors (Lipinski definition) is 2. The van der Waals surface area contributed by atoms with Gasteiger partial charge >= 0.3 is 12.0 Å². The highest BCUT2D eigenvalue weighted by Crippen LogP contribution is 2.33. The van der Waals surface area contributed by atoms with E-state index in [1.165, 1.54) is 25.0 Å². The Balaban J connectivity index is 1.88. The van der Waals surface area contributed by atoms with E-state index >= 15 is 0 Å². The summed E-state index contributed by atoms with van der Waals surface area (Å²) >= 11 is 11.9. The van der Waals surface area contributed by atoms with Gasteiger partial charge < -0.3 is 15.7 Å². The Bertz CT molecular complexity index is 536. The van der Waals surface area contributed by atoms with E-state index < -0.39 is 12.0 Å². The van der Waals surface area contributed by atoms with Gasteiger partial charge in [-0.1, -0.05) is 36.0 Å². The van der Waals surface area contributed by atoms with Gasteiger partial charge in [0.15, 0.2) is 0 Å². The molecule has 0 bridgehead atoms. The van der Waals surface area contributed by atoms with E-state index in [-0.39, 0.29) is 21.3 Å². The number of urea groups is 1. The number of carbonyl (C=O) groups is 2. The average molecular weight is 331 g/mol. The van der Waals surface area contributed by atoms with Gasteiger partial charge in [0.05, 0.1) is 21.3 Å². The lowest BCUT2D eigenvalue weighted by molar-refractivity contribution is 0.0697. The molecule has 5 nitrogen and oxygen atoms in total. The van der Waals surface area contributed by atoms with E-state index in [1.807, 2.05) is 0 Å². The van der Waals surface area contributed by atoms with Crippen molar-refractivity contribution in [3.8, 4) is 0 Å². The van der Waals surface area contributed by atoms with E-state index in [0.717, 1.165) is 18.8 Å². The zero-order valence-electron chi connectivity index (χ0n) is 11.3. The van der Waals surface area contributed by atoms with Crippen molar-refractivity contribution in [3.63, 3.8) is 0 Å². The van der Waals surface area contributed by atoms with Crippen molar-refractivity contribution >= 4 is 40.9 Å². The van der Waals surface area contributed by atoms with Crippen LogP contribution in [-0.4, -0.2) is 23.7 Å². The third-order valence-electron chi connectivity index (χ3n) is 3.30. The number of carbonyl (C=O) groups excluding carboxylic acids is 1. The Morgan fingerprint density at radius 2 is 1.86 bits per heavy atom. The minimum atomic E-state index is -1.13. The molecule has 1 aromatic rings. The Kier molecular flexibility index (Phi) is 5.31. The second-order valence-corrected chi connectivity index (χ2v) is 5.90. The number of rotatable bonds is 6. The molecule has 0 saturated heterocycles. The van der Waals surface area contributed by atoms with Crippen LogP contribution in [0.1, 0.15) is 36.0 Å². The predicted molar refractivity (Wildman–Crippen MR) is 82.4 cm³/mol. The zero-order chi connectivity index (χ0) is 15.4. The van der Waals surface area contributed by atoms with Gasteiger partial charge in [-0.2, -0.15) is 0 Å². The molecular weight excluding hydrogens is 315 g/mol. The molecule has 0 atom stereocenters. The van der Waals surface area contributed by atoms with Crippen molar-refractivity contribution in [2.75, 3.05) is 11.9 Å². The Morgan fingerprint density at radius 1 is 1.24 bits per heavy atom. The maximum atomic E-state index is 11.7. The van der Waals surface area contributed by atoms with Crippen molar-refractivity contribution in [2.45, 2.75) is 25.7 Å². The molecule has 114 valence electrons. The van der Waals surface area contributed by atoms with Gasteiger partial charge in [0.1, 0.15) is 0 Å². The smallest absolute Gasteiger partial charge is 0.335 e. The molecule has 21 heavy (non-hydrogen) atoms. The number of carboxylic acids is 1. The molecule has 2 amide bonds. The fourth-order valence-electron chi connectivity index (χ4n) is 1.97. The van der Waals surface area contributed by atoms with Gasteiger partial charge in [-0.3, -0.25) is 0 Å². The summed E-state index contributed by atoms with van der Waals surface area (Å²) in [6, 6.07) is 2.09. The van der Waals surface area contributed by atoms with Crippen LogP contribution < -0.4 is 10.6 Å². The van der Waals surface area contributed by atoms with Crippen LogP contribution >= 0.6 is 23.2 Å². The molecule has 0 unspecified atom stereocenters. The topological polar surface area (TPSA) is 78.4 Å². The van der Waals surface area contributed by atoms with Crippen LogP contribution in [0.2, 0.25) is 10.0 Å². The Morgan fingerprint density at radius 3 is 2.38 bits per heavy atom. The van der Waals surface area contributed by atoms with E-state index in [2.05, 4.69) is 10.6 Å². The van der Waals surface area contributed by atoms with Crippen LogP contribution in [-0.2, 0) is 0 Å². The lowest BCUT2D eigenvalue weighted by Crippen LogP contribution is -2.29. The fraction of sp³-hybridized carbons (Fsp3) is 0.429. The summed E-state index contributed by atoms with van der Waals surface area (Å²) in [5.41, 5.74) is 0.184. The molecule has 0 aliphatic heterocycles. The van der Waals surface area contributed by atoms with Crippen LogP contribution in [0.15, 0.2) is 12.1 Å². The van der Waals surface area contributed by atoms with Gasteiger partial charge in [0, 0.05) is 6.54 Å². The van der Waals surface area contributed by atoms with Crippen molar-refractivity contribution in [3.05, 3.63) is 27.7 Å². The molecule has 1 aromatic carbocycles. The van der Waals surface area contributed by atoms with Crippen LogP contribution in [0.5, 0.6) is 0 Å². The number of aromatic carboxylic acids is 1. The molecule has 1 saturated carbocycles. The van der Waals surface area contributed by atoms with Crippen LogP contribution in [0, 0.1) is 5.92 Å². The first-order valence-electron chi connectivity index (χ1n) is 6.74. The molecule has 0 spiro atoms. The van der Waals surface area contributed by atoms with Gasteiger partial charge in [-0.05, 0) is 30.9 Å². The number of amides is 2. The maximum absolute atomic E-state index is 11.7. The van der Waals surface area contributed by atoms with Crippen molar-refractivity contribution in [2.24, 2.45) is 5.92 Å². The third-order valence-corrected chi connectivity index (χ3v) is 3.90. The highest BCUT2D eigenvalue weighted by Gasteiger charge is 2.20. The summed E-state index contributed by atoms with van der Waals surface area (Å²) in [4.78, 5) is 22.6. The second kappa shape index (κ2) is 7.00. The van der Waals surface area contributed by atoms with Gasteiger partial charge in [0.25, 0.3) is 0 Å². The Hall–Kier alpha value is -1.46. The standard InChI is InChI=1S/C14H16Cl2N2O3/c15-10-6-9(13(19)20)7-11(16)12(10)18-14(21)17-5-1-2-8-3-4-8/h6-8H,1-5H2,(H,19,20)(H2,17,18,21). The number of hydrogen-bond donors (Lipinski definition) is 3. The quantitative estimate of drug-likeness (QED) is 0.689. The minimum absolute atomic E-state index is 0.0274. The van der Waals surface area contributed by atoms with Crippen LogP contribution in [0.25, 0.3) is 0 Å². The van der Waals surface area contributed by atoms with E-state index in [4.69, 9.17) is 28.3 Å². The summed E-state index contributed by atoms with van der Waals surface area (Å²) in [6.45, 7) is 0.588. The molecule has 7 heteroatoms. The minimum Gasteiger partial charge on any atom is -0.478 e. The molecule has 2 rings (SSSR count). The number of halogens is 2. The van der Waals surface area contributed by atoms with E-state index in [1.54, 1.807) is 0 Å². The Labute approximate surface area is 132 Å². The lowest BCUT2D eigenvalue weighted by atomic mass is 10.2. The van der Waals surface area contributed by atoms with E-state index in [0.29, 0.717) is 6.54 Å². The first-order chi connectivity index (χ1) is 9.97. The first-order valence-corrected chi connectivity index (χ1v) is 7.50. The van der Waals surface area contributed by atoms with Gasteiger partial charge in [-0.15, -0.1) is 0 Å². The number of carboxylic acid groups (broad SMARTS) is 1. The summed E-state index contributed by atoms with van der Waals surface area (Å²) in [6.07, 6.45) is 4.67. The van der Waals surface area contributed by atoms with Crippen LogP contribution in [0.4, 0.5) is 10.5 Å². The summed E-state index contributed by atoms with van der Waals surface area (Å²) < 4.78 is 0. The highest BCUT2D eigenvalue weighted by atomic mass is 35.5. The van der Waals surface area contributed by atoms with E-state index in [9.17, 15) is 9.59 Å². The molecule has 0 radical (unpaired) electrons. The maximum Gasteiger partial charge on any atom is 0.335 e. The number of anilines is 1. The molecule has 1 aliphatic rings. The predicted octanol–water partition coefficient (Wildman–Crippen LogP) is 4.00. The van der Waals surface area contributed by atoms with Gasteiger partial charge in [0.2, 0.25) is 0 Å². The summed E-state index contributed by atoms with van der Waals surface area (Å²) in [5.74, 6) is -0.294. The SMILES string of the molecule is O=C(NCCCC1CC1)Nc1c(Cl)cc(C(=O)O)cc1Cl. The molecule has 3 N–H and O–H groups in total. The average Bonchev–Trinajstić information content (AvgIpc) is 3.22.